The van der Waals surface area contributed by atoms with Gasteiger partial charge in [-0.1, -0.05) is 18.2 Å². The van der Waals surface area contributed by atoms with E-state index in [0.717, 1.165) is 23.7 Å². The highest BCUT2D eigenvalue weighted by Crippen LogP contribution is 2.34. The molecule has 0 radical (unpaired) electrons. The number of likely N-dealkylation sites (N-methyl/N-ethyl adjacent to an activating group) is 1. The molecule has 4 heteroatoms. The van der Waals surface area contributed by atoms with Crippen LogP contribution < -0.4 is 19.5 Å². The molecule has 2 aromatic carbocycles. The Bertz CT molecular complexity index is 627. The van der Waals surface area contributed by atoms with Gasteiger partial charge in [-0.05, 0) is 48.9 Å². The second-order valence-electron chi connectivity index (χ2n) is 5.01. The molecule has 0 aromatic heterocycles. The summed E-state index contributed by atoms with van der Waals surface area (Å²) in [7, 11) is 3.65. The van der Waals surface area contributed by atoms with Crippen LogP contribution in [0.3, 0.4) is 0 Å². The molecule has 0 bridgehead atoms. The zero-order valence-electron chi connectivity index (χ0n) is 12.3. The van der Waals surface area contributed by atoms with Gasteiger partial charge in [0.25, 0.3) is 0 Å². The van der Waals surface area contributed by atoms with E-state index in [-0.39, 0.29) is 6.04 Å². The molecule has 1 heterocycles. The Hall–Kier alpha value is -2.20. The van der Waals surface area contributed by atoms with Crippen molar-refractivity contribution in [3.8, 4) is 17.2 Å². The predicted octanol–water partition coefficient (Wildman–Crippen LogP) is 2.93. The molecule has 2 aromatic rings. The molecule has 0 saturated heterocycles. The standard InChI is InChI=1S/C17H19NO3/c1-18-15(9-12-4-3-5-14(8-12)19-2)13-6-7-16-17(10-13)21-11-20-16/h3-8,10,15,18H,9,11H2,1-2H3. The van der Waals surface area contributed by atoms with E-state index in [1.165, 1.54) is 11.1 Å². The van der Waals surface area contributed by atoms with Crippen molar-refractivity contribution in [1.29, 1.82) is 0 Å². The van der Waals surface area contributed by atoms with Crippen LogP contribution in [0.4, 0.5) is 0 Å². The van der Waals surface area contributed by atoms with Gasteiger partial charge in [-0.25, -0.2) is 0 Å². The Morgan fingerprint density at radius 3 is 2.81 bits per heavy atom. The van der Waals surface area contributed by atoms with Crippen molar-refractivity contribution in [1.82, 2.24) is 5.32 Å². The minimum Gasteiger partial charge on any atom is -0.497 e. The van der Waals surface area contributed by atoms with Crippen LogP contribution in [-0.4, -0.2) is 21.0 Å². The molecule has 1 atom stereocenters. The van der Waals surface area contributed by atoms with Crippen molar-refractivity contribution < 1.29 is 14.2 Å². The van der Waals surface area contributed by atoms with E-state index in [2.05, 4.69) is 23.5 Å². The lowest BCUT2D eigenvalue weighted by Crippen LogP contribution is -2.18. The molecular formula is C17H19NO3. The Balaban J connectivity index is 1.81. The number of nitrogens with one attached hydrogen (secondary N) is 1. The smallest absolute Gasteiger partial charge is 0.231 e. The summed E-state index contributed by atoms with van der Waals surface area (Å²) < 4.78 is 16.1. The van der Waals surface area contributed by atoms with E-state index >= 15 is 0 Å². The fourth-order valence-electron chi connectivity index (χ4n) is 2.55. The second kappa shape index (κ2) is 6.06. The molecule has 4 nitrogen and oxygen atoms in total. The van der Waals surface area contributed by atoms with Gasteiger partial charge in [0.1, 0.15) is 5.75 Å². The number of ether oxygens (including phenoxy) is 3. The average Bonchev–Trinajstić information content (AvgIpc) is 3.00. The lowest BCUT2D eigenvalue weighted by Gasteiger charge is -2.17. The van der Waals surface area contributed by atoms with Gasteiger partial charge in [-0.15, -0.1) is 0 Å². The van der Waals surface area contributed by atoms with Gasteiger partial charge in [0.15, 0.2) is 11.5 Å². The zero-order chi connectivity index (χ0) is 14.7. The highest BCUT2D eigenvalue weighted by Gasteiger charge is 2.17. The molecule has 0 fully saturated rings. The highest BCUT2D eigenvalue weighted by atomic mass is 16.7. The molecule has 110 valence electrons. The fraction of sp³-hybridized carbons (Fsp3) is 0.294. The first-order valence-corrected chi connectivity index (χ1v) is 7.00. The third kappa shape index (κ3) is 2.95. The van der Waals surface area contributed by atoms with Gasteiger partial charge in [0.05, 0.1) is 7.11 Å². The van der Waals surface area contributed by atoms with E-state index in [4.69, 9.17) is 14.2 Å². The maximum atomic E-state index is 5.45. The average molecular weight is 285 g/mol. The predicted molar refractivity (Wildman–Crippen MR) is 81.1 cm³/mol. The quantitative estimate of drug-likeness (QED) is 0.917. The molecule has 0 spiro atoms. The summed E-state index contributed by atoms with van der Waals surface area (Å²) in [5, 5.41) is 3.36. The van der Waals surface area contributed by atoms with Gasteiger partial charge in [-0.3, -0.25) is 0 Å². The zero-order valence-corrected chi connectivity index (χ0v) is 12.3. The molecule has 1 aliphatic rings. The Labute approximate surface area is 124 Å². The number of methoxy groups -OCH3 is 1. The van der Waals surface area contributed by atoms with Gasteiger partial charge < -0.3 is 19.5 Å². The molecule has 0 aliphatic carbocycles. The third-order valence-corrected chi connectivity index (χ3v) is 3.72. The first-order chi connectivity index (χ1) is 10.3. The van der Waals surface area contributed by atoms with Gasteiger partial charge in [0.2, 0.25) is 6.79 Å². The number of hydrogen-bond donors (Lipinski definition) is 1. The Morgan fingerprint density at radius 1 is 1.14 bits per heavy atom. The normalized spacial score (nSPS) is 14.0. The number of hydrogen-bond acceptors (Lipinski definition) is 4. The van der Waals surface area contributed by atoms with E-state index in [1.54, 1.807) is 7.11 Å². The molecule has 0 saturated carbocycles. The largest absolute Gasteiger partial charge is 0.497 e. The topological polar surface area (TPSA) is 39.7 Å². The van der Waals surface area contributed by atoms with E-state index < -0.39 is 0 Å². The molecule has 1 unspecified atom stereocenters. The summed E-state index contributed by atoms with van der Waals surface area (Å²) in [5.74, 6) is 2.52. The van der Waals surface area contributed by atoms with E-state index in [9.17, 15) is 0 Å². The van der Waals surface area contributed by atoms with Crippen molar-refractivity contribution in [3.05, 3.63) is 53.6 Å². The van der Waals surface area contributed by atoms with Crippen LogP contribution in [0.25, 0.3) is 0 Å². The maximum absolute atomic E-state index is 5.45. The summed E-state index contributed by atoms with van der Waals surface area (Å²) in [5.41, 5.74) is 2.41. The molecule has 1 N–H and O–H groups in total. The highest BCUT2D eigenvalue weighted by molar-refractivity contribution is 5.45. The van der Waals surface area contributed by atoms with Crippen molar-refractivity contribution >= 4 is 0 Å². The molecule has 3 rings (SSSR count). The lowest BCUT2D eigenvalue weighted by atomic mass is 9.98. The number of fused-ring (bicyclic) bond motifs is 1. The maximum Gasteiger partial charge on any atom is 0.231 e. The van der Waals surface area contributed by atoms with Gasteiger partial charge in [-0.2, -0.15) is 0 Å². The van der Waals surface area contributed by atoms with Crippen molar-refractivity contribution in [2.24, 2.45) is 0 Å². The van der Waals surface area contributed by atoms with Gasteiger partial charge in [0, 0.05) is 6.04 Å². The summed E-state index contributed by atoms with van der Waals surface area (Å²) in [6.07, 6.45) is 0.882. The first kappa shape index (κ1) is 13.8. The van der Waals surface area contributed by atoms with Gasteiger partial charge >= 0.3 is 0 Å². The van der Waals surface area contributed by atoms with Crippen LogP contribution in [0.5, 0.6) is 17.2 Å². The third-order valence-electron chi connectivity index (χ3n) is 3.72. The number of benzene rings is 2. The SMILES string of the molecule is CNC(Cc1cccc(OC)c1)c1ccc2c(c1)OCO2. The second-order valence-corrected chi connectivity index (χ2v) is 5.01. The lowest BCUT2D eigenvalue weighted by molar-refractivity contribution is 0.174. The van der Waals surface area contributed by atoms with Crippen molar-refractivity contribution in [3.63, 3.8) is 0 Å². The molecule has 1 aliphatic heterocycles. The van der Waals surface area contributed by atoms with Crippen molar-refractivity contribution in [2.75, 3.05) is 21.0 Å². The van der Waals surface area contributed by atoms with Crippen LogP contribution in [0.2, 0.25) is 0 Å². The van der Waals surface area contributed by atoms with Crippen LogP contribution in [0, 0.1) is 0 Å². The minimum absolute atomic E-state index is 0.214. The van der Waals surface area contributed by atoms with Crippen LogP contribution >= 0.6 is 0 Å². The molecule has 0 amide bonds. The summed E-state index contributed by atoms with van der Waals surface area (Å²) >= 11 is 0. The fourth-order valence-corrected chi connectivity index (χ4v) is 2.55. The Morgan fingerprint density at radius 2 is 2.00 bits per heavy atom. The Kier molecular flexibility index (Phi) is 3.97. The summed E-state index contributed by atoms with van der Waals surface area (Å²) in [6, 6.07) is 14.5. The van der Waals surface area contributed by atoms with Crippen LogP contribution in [-0.2, 0) is 6.42 Å². The minimum atomic E-state index is 0.214. The van der Waals surface area contributed by atoms with Crippen LogP contribution in [0.15, 0.2) is 42.5 Å². The van der Waals surface area contributed by atoms with Crippen molar-refractivity contribution in [2.45, 2.75) is 12.5 Å². The number of rotatable bonds is 5. The van der Waals surface area contributed by atoms with Crippen LogP contribution in [0.1, 0.15) is 17.2 Å². The summed E-state index contributed by atoms with van der Waals surface area (Å²) in [6.45, 7) is 0.304. The van der Waals surface area contributed by atoms with E-state index in [0.29, 0.717) is 6.79 Å². The monoisotopic (exact) mass is 285 g/mol. The molecule has 21 heavy (non-hydrogen) atoms. The molecular weight excluding hydrogens is 266 g/mol. The van der Waals surface area contributed by atoms with E-state index in [1.807, 2.05) is 31.3 Å². The summed E-state index contributed by atoms with van der Waals surface area (Å²) in [4.78, 5) is 0. The first-order valence-electron chi connectivity index (χ1n) is 7.00.